The van der Waals surface area contributed by atoms with Gasteiger partial charge in [-0.25, -0.2) is 0 Å². The molecular weight excluding hydrogens is 246 g/mol. The fraction of sp³-hybridized carbons (Fsp3) is 0.417. The maximum Gasteiger partial charge on any atom is 0.274 e. The molecule has 2 heterocycles. The number of hydrogen-bond donors (Lipinski definition) is 3. The Labute approximate surface area is 110 Å². The first kappa shape index (κ1) is 13.1. The predicted octanol–water partition coefficient (Wildman–Crippen LogP) is 1.34. The third-order valence-corrected chi connectivity index (χ3v) is 2.73. The second kappa shape index (κ2) is 5.13. The Morgan fingerprint density at radius 1 is 1.58 bits per heavy atom. The summed E-state index contributed by atoms with van der Waals surface area (Å²) in [7, 11) is 0. The lowest BCUT2D eigenvalue weighted by molar-refractivity contribution is 0.0946. The summed E-state index contributed by atoms with van der Waals surface area (Å²) in [6.45, 7) is 6.02. The topological polar surface area (TPSA) is 110 Å². The molecule has 7 nitrogen and oxygen atoms in total. The summed E-state index contributed by atoms with van der Waals surface area (Å²) < 4.78 is 4.91. The maximum absolute atomic E-state index is 11.9. The third-order valence-electron chi connectivity index (χ3n) is 2.73. The standard InChI is InChI=1S/C12H17N5O2/c1-6(2)10-9(13)11(16-15-10)12(18)14-5-8-4-7(3)19-17-8/h4,6H,5,13H2,1-3H3,(H,14,18)(H,15,16). The Morgan fingerprint density at radius 3 is 2.84 bits per heavy atom. The number of carbonyl (C=O) groups excluding carboxylic acids is 1. The number of nitrogens with two attached hydrogens (primary N) is 1. The van der Waals surface area contributed by atoms with Crippen molar-refractivity contribution in [2.45, 2.75) is 33.2 Å². The van der Waals surface area contributed by atoms with Gasteiger partial charge in [-0.05, 0) is 12.8 Å². The number of aromatic amines is 1. The normalized spacial score (nSPS) is 10.9. The fourth-order valence-corrected chi connectivity index (χ4v) is 1.73. The van der Waals surface area contributed by atoms with Crippen LogP contribution in [0.5, 0.6) is 0 Å². The number of nitrogens with zero attached hydrogens (tertiary/aromatic N) is 2. The monoisotopic (exact) mass is 263 g/mol. The first-order chi connectivity index (χ1) is 8.99. The smallest absolute Gasteiger partial charge is 0.274 e. The van der Waals surface area contributed by atoms with E-state index in [4.69, 9.17) is 10.3 Å². The molecule has 0 unspecified atom stereocenters. The van der Waals surface area contributed by atoms with E-state index in [1.807, 2.05) is 13.8 Å². The van der Waals surface area contributed by atoms with Gasteiger partial charge in [0.1, 0.15) is 11.5 Å². The number of carbonyl (C=O) groups is 1. The van der Waals surface area contributed by atoms with Gasteiger partial charge < -0.3 is 15.6 Å². The van der Waals surface area contributed by atoms with Crippen LogP contribution in [0, 0.1) is 6.92 Å². The average molecular weight is 263 g/mol. The maximum atomic E-state index is 11.9. The van der Waals surface area contributed by atoms with Crippen LogP contribution in [0.4, 0.5) is 5.69 Å². The molecule has 0 radical (unpaired) electrons. The largest absolute Gasteiger partial charge is 0.395 e. The van der Waals surface area contributed by atoms with Crippen molar-refractivity contribution in [3.8, 4) is 0 Å². The number of aryl methyl sites for hydroxylation is 1. The summed E-state index contributed by atoms with van der Waals surface area (Å²) in [5, 5.41) is 13.2. The van der Waals surface area contributed by atoms with Gasteiger partial charge in [-0.2, -0.15) is 5.10 Å². The molecule has 7 heteroatoms. The lowest BCUT2D eigenvalue weighted by Gasteiger charge is -2.03. The van der Waals surface area contributed by atoms with E-state index in [0.29, 0.717) is 17.1 Å². The van der Waals surface area contributed by atoms with Gasteiger partial charge in [0, 0.05) is 6.07 Å². The zero-order valence-electron chi connectivity index (χ0n) is 11.2. The molecule has 0 atom stereocenters. The van der Waals surface area contributed by atoms with Gasteiger partial charge in [-0.15, -0.1) is 0 Å². The second-order valence-electron chi connectivity index (χ2n) is 4.67. The van der Waals surface area contributed by atoms with Crippen LogP contribution in [0.1, 0.15) is 47.4 Å². The summed E-state index contributed by atoms with van der Waals surface area (Å²) in [5.41, 5.74) is 7.92. The van der Waals surface area contributed by atoms with Crippen molar-refractivity contribution >= 4 is 11.6 Å². The van der Waals surface area contributed by atoms with Crippen LogP contribution in [0.2, 0.25) is 0 Å². The average Bonchev–Trinajstić information content (AvgIpc) is 2.92. The SMILES string of the molecule is Cc1cc(CNC(=O)c2n[nH]c(C(C)C)c2N)no1. The van der Waals surface area contributed by atoms with E-state index in [0.717, 1.165) is 5.69 Å². The summed E-state index contributed by atoms with van der Waals surface area (Å²) in [5.74, 6) is 0.555. The highest BCUT2D eigenvalue weighted by Crippen LogP contribution is 2.21. The Kier molecular flexibility index (Phi) is 3.55. The van der Waals surface area contributed by atoms with Crippen LogP contribution in [0.3, 0.4) is 0 Å². The van der Waals surface area contributed by atoms with Crippen molar-refractivity contribution in [3.05, 3.63) is 28.9 Å². The molecule has 0 saturated carbocycles. The molecule has 0 fully saturated rings. The van der Waals surface area contributed by atoms with E-state index >= 15 is 0 Å². The molecule has 0 spiro atoms. The summed E-state index contributed by atoms with van der Waals surface area (Å²) in [6.07, 6.45) is 0. The molecule has 2 aromatic rings. The lowest BCUT2D eigenvalue weighted by atomic mass is 10.1. The van der Waals surface area contributed by atoms with E-state index in [2.05, 4.69) is 20.7 Å². The van der Waals surface area contributed by atoms with Crippen LogP contribution >= 0.6 is 0 Å². The molecule has 0 saturated heterocycles. The number of rotatable bonds is 4. The van der Waals surface area contributed by atoms with Gasteiger partial charge in [0.2, 0.25) is 0 Å². The van der Waals surface area contributed by atoms with Crippen molar-refractivity contribution in [3.63, 3.8) is 0 Å². The first-order valence-corrected chi connectivity index (χ1v) is 6.03. The van der Waals surface area contributed by atoms with Crippen LogP contribution in [0.25, 0.3) is 0 Å². The van der Waals surface area contributed by atoms with E-state index < -0.39 is 0 Å². The Bertz CT molecular complexity index is 585. The van der Waals surface area contributed by atoms with E-state index in [1.54, 1.807) is 13.0 Å². The minimum atomic E-state index is -0.332. The van der Waals surface area contributed by atoms with Gasteiger partial charge in [0.25, 0.3) is 5.91 Å². The highest BCUT2D eigenvalue weighted by Gasteiger charge is 2.18. The molecule has 1 amide bonds. The van der Waals surface area contributed by atoms with Crippen LogP contribution in [-0.2, 0) is 6.54 Å². The molecule has 0 aromatic carbocycles. The Morgan fingerprint density at radius 2 is 2.32 bits per heavy atom. The lowest BCUT2D eigenvalue weighted by Crippen LogP contribution is -2.24. The minimum Gasteiger partial charge on any atom is -0.395 e. The van der Waals surface area contributed by atoms with Crippen molar-refractivity contribution in [2.75, 3.05) is 5.73 Å². The number of aromatic nitrogens is 3. The molecule has 0 aliphatic heterocycles. The highest BCUT2D eigenvalue weighted by atomic mass is 16.5. The fourth-order valence-electron chi connectivity index (χ4n) is 1.73. The quantitative estimate of drug-likeness (QED) is 0.771. The van der Waals surface area contributed by atoms with Crippen molar-refractivity contribution in [1.82, 2.24) is 20.7 Å². The number of anilines is 1. The first-order valence-electron chi connectivity index (χ1n) is 6.03. The number of H-pyrrole nitrogens is 1. The summed E-state index contributed by atoms with van der Waals surface area (Å²) in [4.78, 5) is 11.9. The molecule has 2 aromatic heterocycles. The van der Waals surface area contributed by atoms with Gasteiger partial charge in [-0.1, -0.05) is 19.0 Å². The number of hydrogen-bond acceptors (Lipinski definition) is 5. The summed E-state index contributed by atoms with van der Waals surface area (Å²) in [6, 6.07) is 1.76. The third kappa shape index (κ3) is 2.75. The number of nitrogens with one attached hydrogen (secondary N) is 2. The number of amides is 1. The highest BCUT2D eigenvalue weighted by molar-refractivity contribution is 5.97. The summed E-state index contributed by atoms with van der Waals surface area (Å²) >= 11 is 0. The van der Waals surface area contributed by atoms with Crippen molar-refractivity contribution < 1.29 is 9.32 Å². The van der Waals surface area contributed by atoms with Gasteiger partial charge >= 0.3 is 0 Å². The number of nitrogen functional groups attached to an aromatic ring is 1. The molecule has 4 N–H and O–H groups in total. The predicted molar refractivity (Wildman–Crippen MR) is 69.5 cm³/mol. The molecule has 0 aliphatic carbocycles. The Hall–Kier alpha value is -2.31. The van der Waals surface area contributed by atoms with Gasteiger partial charge in [0.15, 0.2) is 5.69 Å². The molecule has 0 aliphatic rings. The van der Waals surface area contributed by atoms with Gasteiger partial charge in [0.05, 0.1) is 17.9 Å². The van der Waals surface area contributed by atoms with Crippen LogP contribution < -0.4 is 11.1 Å². The zero-order chi connectivity index (χ0) is 14.0. The van der Waals surface area contributed by atoms with E-state index in [-0.39, 0.29) is 24.1 Å². The van der Waals surface area contributed by atoms with Crippen LogP contribution in [-0.4, -0.2) is 21.3 Å². The molecule has 19 heavy (non-hydrogen) atoms. The van der Waals surface area contributed by atoms with E-state index in [1.165, 1.54) is 0 Å². The molecule has 0 bridgehead atoms. The molecule has 102 valence electrons. The van der Waals surface area contributed by atoms with Crippen molar-refractivity contribution in [1.29, 1.82) is 0 Å². The van der Waals surface area contributed by atoms with Gasteiger partial charge in [-0.3, -0.25) is 9.89 Å². The molecular formula is C12H17N5O2. The van der Waals surface area contributed by atoms with Crippen molar-refractivity contribution in [2.24, 2.45) is 0 Å². The van der Waals surface area contributed by atoms with E-state index in [9.17, 15) is 4.79 Å². The Balaban J connectivity index is 2.04. The minimum absolute atomic E-state index is 0.187. The van der Waals surface area contributed by atoms with Crippen LogP contribution in [0.15, 0.2) is 10.6 Å². The zero-order valence-corrected chi connectivity index (χ0v) is 11.2. The molecule has 2 rings (SSSR count). The second-order valence-corrected chi connectivity index (χ2v) is 4.67.